The van der Waals surface area contributed by atoms with Gasteiger partial charge in [0, 0.05) is 61.8 Å². The minimum atomic E-state index is -1.84. The number of hydrogen-bond acceptors (Lipinski definition) is 9. The molecule has 0 bridgehead atoms. The second-order valence-corrected chi connectivity index (χ2v) is 36.8. The molecule has 0 saturated carbocycles. The van der Waals surface area contributed by atoms with Crippen molar-refractivity contribution in [2.45, 2.75) is 0 Å². The zero-order valence-corrected chi connectivity index (χ0v) is 55.4. The van der Waals surface area contributed by atoms with Gasteiger partial charge in [-0.2, -0.15) is 0 Å². The predicted octanol–water partition coefficient (Wildman–Crippen LogP) is 21.9. The van der Waals surface area contributed by atoms with Gasteiger partial charge in [-0.3, -0.25) is 9.13 Å². The number of anilines is 9. The summed E-state index contributed by atoms with van der Waals surface area (Å²) in [5.41, 5.74) is 22.2. The molecule has 0 aliphatic rings. The highest BCUT2D eigenvalue weighted by Crippen LogP contribution is 2.42. The third kappa shape index (κ3) is 13.8. The first-order chi connectivity index (χ1) is 44.6. The molecule has 0 amide bonds. The van der Waals surface area contributed by atoms with Gasteiger partial charge in [-0.15, -0.1) is 0 Å². The Kier molecular flexibility index (Phi) is 18.6. The summed E-state index contributed by atoms with van der Waals surface area (Å²) >= 11 is 20.8. The fourth-order valence-electron chi connectivity index (χ4n) is 11.4. The maximum Gasteiger partial charge on any atom is 0.198 e. The first-order valence-corrected chi connectivity index (χ1v) is 39.2. The Bertz CT molecular complexity index is 4760. The fourth-order valence-corrected chi connectivity index (χ4v) is 17.4. The van der Waals surface area contributed by atoms with Crippen molar-refractivity contribution in [1.82, 2.24) is 0 Å². The molecule has 5 nitrogen and oxygen atoms in total. The number of rotatable bonds is 17. The van der Waals surface area contributed by atoms with Gasteiger partial charge in [0.25, 0.3) is 0 Å². The largest absolute Gasteiger partial charge is 0.311 e. The van der Waals surface area contributed by atoms with Crippen LogP contribution in [-0.2, 0) is 68.3 Å². The molecular weight excluding hydrogens is 1270 g/mol. The van der Waals surface area contributed by atoms with E-state index in [1.807, 2.05) is 72.8 Å². The highest BCUT2D eigenvalue weighted by atomic mass is 33.2. The lowest BCUT2D eigenvalue weighted by molar-refractivity contribution is 0.601. The average Bonchev–Trinajstić information content (AvgIpc) is 1.55. The molecule has 2 atom stereocenters. The van der Waals surface area contributed by atoms with Crippen LogP contribution in [0.2, 0.25) is 0 Å². The first-order valence-electron chi connectivity index (χ1n) is 29.3. The summed E-state index contributed by atoms with van der Waals surface area (Å²) in [5, 5.41) is 1.30. The SMILES string of the molecule is O=P(c1ccc(-c2cc(-c3ccc(-c4ccc(N(c5ccc(-c6ccc(N(c7ccccc7)c7ccccc7)cc6)cc5)c5ccc(-c6ccc(N(c7ccccc7)c7ccccc7)cc6)cc5)cc4)cc3)cc(-c3ccc(P(=O)=S(=S)=S)cc3)c2)cc1)=S(=S)=S. The van der Waals surface area contributed by atoms with Crippen LogP contribution in [0.4, 0.5) is 51.2 Å². The van der Waals surface area contributed by atoms with E-state index in [-0.39, 0.29) is 0 Å². The van der Waals surface area contributed by atoms with E-state index in [4.69, 9.17) is 44.8 Å². The maximum atomic E-state index is 12.9. The molecule has 0 aliphatic heterocycles. The molecule has 0 spiro atoms. The van der Waals surface area contributed by atoms with Crippen LogP contribution in [0.3, 0.4) is 0 Å². The summed E-state index contributed by atoms with van der Waals surface area (Å²) in [7, 11) is -2.11. The van der Waals surface area contributed by atoms with Crippen LogP contribution < -0.4 is 25.3 Å². The van der Waals surface area contributed by atoms with Gasteiger partial charge in [0.05, 0.1) is 0 Å². The lowest BCUT2D eigenvalue weighted by Gasteiger charge is -2.27. The van der Waals surface area contributed by atoms with Gasteiger partial charge in [0.2, 0.25) is 0 Å². The van der Waals surface area contributed by atoms with E-state index in [9.17, 15) is 9.13 Å². The molecule has 13 aromatic carbocycles. The molecule has 0 saturated heterocycles. The number of para-hydroxylation sites is 4. The van der Waals surface area contributed by atoms with Crippen molar-refractivity contribution in [3.8, 4) is 66.8 Å². The Morgan fingerprint density at radius 2 is 0.352 bits per heavy atom. The molecule has 13 heteroatoms. The highest BCUT2D eigenvalue weighted by Gasteiger charge is 2.18. The van der Waals surface area contributed by atoms with E-state index in [1.165, 1.54) is 0 Å². The van der Waals surface area contributed by atoms with Crippen molar-refractivity contribution in [3.63, 3.8) is 0 Å². The molecular formula is C78H55N3O2P2S6. The van der Waals surface area contributed by atoms with Gasteiger partial charge in [-0.25, -0.2) is 0 Å². The minimum absolute atomic E-state index is 0.651. The van der Waals surface area contributed by atoms with Gasteiger partial charge in [0.15, 0.2) is 13.2 Å². The third-order valence-electron chi connectivity index (χ3n) is 15.9. The van der Waals surface area contributed by atoms with Gasteiger partial charge in [0.1, 0.15) is 0 Å². The second-order valence-electron chi connectivity index (χ2n) is 21.5. The summed E-state index contributed by atoms with van der Waals surface area (Å²) < 4.78 is 25.7. The molecule has 440 valence electrons. The van der Waals surface area contributed by atoms with E-state index < -0.39 is 27.5 Å². The monoisotopic (exact) mass is 1320 g/mol. The Morgan fingerprint density at radius 3 is 0.538 bits per heavy atom. The quantitative estimate of drug-likeness (QED) is 0.0830. The van der Waals surface area contributed by atoms with Gasteiger partial charge < -0.3 is 14.7 Å². The van der Waals surface area contributed by atoms with E-state index in [0.29, 0.717) is 10.6 Å². The lowest BCUT2D eigenvalue weighted by Crippen LogP contribution is -2.10. The minimum Gasteiger partial charge on any atom is -0.311 e. The zero-order valence-electron chi connectivity index (χ0n) is 48.8. The van der Waals surface area contributed by atoms with Crippen LogP contribution >= 0.6 is 13.2 Å². The Hall–Kier alpha value is -9.22. The molecule has 0 radical (unpaired) electrons. The van der Waals surface area contributed by atoms with Crippen molar-refractivity contribution >= 4 is 134 Å². The second kappa shape index (κ2) is 27.9. The molecule has 0 fully saturated rings. The Balaban J connectivity index is 0.813. The summed E-state index contributed by atoms with van der Waals surface area (Å²) in [6.45, 7) is -3.68. The molecule has 13 aromatic rings. The van der Waals surface area contributed by atoms with Crippen LogP contribution in [-0.4, -0.2) is 0 Å². The molecule has 2 unspecified atom stereocenters. The maximum absolute atomic E-state index is 12.9. The smallest absolute Gasteiger partial charge is 0.198 e. The van der Waals surface area contributed by atoms with Crippen LogP contribution in [0, 0.1) is 0 Å². The van der Waals surface area contributed by atoms with Crippen molar-refractivity contribution in [3.05, 3.63) is 334 Å². The van der Waals surface area contributed by atoms with Crippen molar-refractivity contribution < 1.29 is 9.13 Å². The van der Waals surface area contributed by atoms with Gasteiger partial charge >= 0.3 is 0 Å². The topological polar surface area (TPSA) is 43.9 Å². The van der Waals surface area contributed by atoms with Crippen molar-refractivity contribution in [1.29, 1.82) is 0 Å². The summed E-state index contributed by atoms with van der Waals surface area (Å²) in [4.78, 5) is 6.88. The summed E-state index contributed by atoms with van der Waals surface area (Å²) in [6.07, 6.45) is 0. The van der Waals surface area contributed by atoms with Gasteiger partial charge in [-0.05, 0) is 278 Å². The number of benzene rings is 13. The van der Waals surface area contributed by atoms with Crippen LogP contribution in [0.15, 0.2) is 334 Å². The van der Waals surface area contributed by atoms with Gasteiger partial charge in [-0.1, -0.05) is 182 Å². The normalized spacial score (nSPS) is 11.3. The van der Waals surface area contributed by atoms with Crippen LogP contribution in [0.1, 0.15) is 0 Å². The van der Waals surface area contributed by atoms with Crippen LogP contribution in [0.25, 0.3) is 66.8 Å². The van der Waals surface area contributed by atoms with E-state index >= 15 is 0 Å². The highest BCUT2D eigenvalue weighted by molar-refractivity contribution is 8.57. The van der Waals surface area contributed by atoms with E-state index in [2.05, 4.69) is 276 Å². The number of hydrogen-bond donors (Lipinski definition) is 0. The zero-order chi connectivity index (χ0) is 62.2. The Morgan fingerprint density at radius 1 is 0.198 bits per heavy atom. The molecule has 91 heavy (non-hydrogen) atoms. The third-order valence-corrected chi connectivity index (χ3v) is 25.7. The first kappa shape index (κ1) is 60.7. The standard InChI is InChI=1S/C78H55N3O2P2S6/c82-84(90(86)87)77-49-35-63(36-50-77)66-53-65(54-67(55-66)64-37-51-78(52-38-64)85(83)91(88)89)62-23-21-56(22-24-62)57-25-43-74(44-26-57)81(75-45-31-60(32-46-75)58-27-39-72(40-28-58)79(68-13-5-1-6-14-68)69-15-7-2-8-16-69)76-47-33-61(34-48-76)59-29-41-73(42-30-59)80(70-17-9-3-10-18-70)71-19-11-4-12-20-71/h1-55H. The molecule has 0 aromatic heterocycles. The van der Waals surface area contributed by atoms with E-state index in [1.54, 1.807) is 0 Å². The predicted molar refractivity (Wildman–Crippen MR) is 402 cm³/mol. The average molecular weight is 1320 g/mol. The summed E-state index contributed by atoms with van der Waals surface area (Å²) in [6, 6.07) is 117. The molecule has 13 rings (SSSR count). The molecule has 0 aliphatic carbocycles. The van der Waals surface area contributed by atoms with Crippen LogP contribution in [0.5, 0.6) is 0 Å². The van der Waals surface area contributed by atoms with Crippen molar-refractivity contribution in [2.75, 3.05) is 14.7 Å². The molecule has 0 N–H and O–H groups in total. The van der Waals surface area contributed by atoms with E-state index in [0.717, 1.165) is 118 Å². The van der Waals surface area contributed by atoms with Crippen molar-refractivity contribution in [2.24, 2.45) is 0 Å². The molecule has 0 heterocycles. The Labute approximate surface area is 553 Å². The number of nitrogens with zero attached hydrogens (tertiary/aromatic N) is 3. The fraction of sp³-hybridized carbons (Fsp3) is 0. The summed E-state index contributed by atoms with van der Waals surface area (Å²) in [5.74, 6) is 0. The lowest BCUT2D eigenvalue weighted by atomic mass is 9.92.